The lowest BCUT2D eigenvalue weighted by Gasteiger charge is -2.18. The van der Waals surface area contributed by atoms with Gasteiger partial charge in [-0.2, -0.15) is 0 Å². The zero-order valence-corrected chi connectivity index (χ0v) is 10.9. The molecule has 2 rings (SSSR count). The first kappa shape index (κ1) is 12.8. The Balaban J connectivity index is 2.00. The van der Waals surface area contributed by atoms with Crippen LogP contribution in [0.1, 0.15) is 30.5 Å². The number of carbonyl (C=O) groups is 1. The fourth-order valence-corrected chi connectivity index (χ4v) is 2.39. The van der Waals surface area contributed by atoms with E-state index in [-0.39, 0.29) is 23.9 Å². The SMILES string of the molecule is Cc1ccccc1[C@@H](C)NC(=O)C1C=CC(N)C1. The van der Waals surface area contributed by atoms with Crippen LogP contribution in [0.5, 0.6) is 0 Å². The predicted octanol–water partition coefficient (Wildman–Crippen LogP) is 2.08. The van der Waals surface area contributed by atoms with Crippen LogP contribution < -0.4 is 11.1 Å². The maximum Gasteiger partial charge on any atom is 0.227 e. The summed E-state index contributed by atoms with van der Waals surface area (Å²) in [5.74, 6) is -0.0126. The van der Waals surface area contributed by atoms with Crippen LogP contribution in [-0.4, -0.2) is 11.9 Å². The Morgan fingerprint density at radius 2 is 2.11 bits per heavy atom. The van der Waals surface area contributed by atoms with Crippen molar-refractivity contribution < 1.29 is 4.79 Å². The van der Waals surface area contributed by atoms with Gasteiger partial charge in [-0.15, -0.1) is 0 Å². The molecular weight excluding hydrogens is 224 g/mol. The third-order valence-corrected chi connectivity index (χ3v) is 3.47. The number of carbonyl (C=O) groups excluding carboxylic acids is 1. The van der Waals surface area contributed by atoms with Crippen molar-refractivity contribution in [3.8, 4) is 0 Å². The average Bonchev–Trinajstić information content (AvgIpc) is 2.76. The number of nitrogens with one attached hydrogen (secondary N) is 1. The van der Waals surface area contributed by atoms with E-state index in [0.717, 1.165) is 5.56 Å². The zero-order valence-electron chi connectivity index (χ0n) is 10.9. The number of benzene rings is 1. The van der Waals surface area contributed by atoms with Crippen LogP contribution in [0, 0.1) is 12.8 Å². The Morgan fingerprint density at radius 3 is 2.72 bits per heavy atom. The molecule has 0 saturated carbocycles. The molecule has 0 heterocycles. The molecule has 1 aromatic rings. The summed E-state index contributed by atoms with van der Waals surface area (Å²) in [4.78, 5) is 12.1. The lowest BCUT2D eigenvalue weighted by molar-refractivity contribution is -0.124. The van der Waals surface area contributed by atoms with E-state index in [1.54, 1.807) is 0 Å². The molecule has 1 aliphatic rings. The van der Waals surface area contributed by atoms with Crippen LogP contribution in [0.25, 0.3) is 0 Å². The van der Waals surface area contributed by atoms with Crippen LogP contribution in [0.4, 0.5) is 0 Å². The Hall–Kier alpha value is -1.61. The summed E-state index contributed by atoms with van der Waals surface area (Å²) in [6.07, 6.45) is 4.53. The summed E-state index contributed by atoms with van der Waals surface area (Å²) in [5.41, 5.74) is 8.12. The first-order valence-corrected chi connectivity index (χ1v) is 6.37. The fraction of sp³-hybridized carbons (Fsp3) is 0.400. The van der Waals surface area contributed by atoms with Gasteiger partial charge in [0, 0.05) is 6.04 Å². The molecule has 3 atom stereocenters. The lowest BCUT2D eigenvalue weighted by atomic mass is 10.0. The highest BCUT2D eigenvalue weighted by Gasteiger charge is 2.24. The molecule has 0 fully saturated rings. The summed E-state index contributed by atoms with van der Waals surface area (Å²) in [5, 5.41) is 3.05. The van der Waals surface area contributed by atoms with Crippen molar-refractivity contribution in [3.05, 3.63) is 47.5 Å². The van der Waals surface area contributed by atoms with E-state index in [1.165, 1.54) is 5.56 Å². The van der Waals surface area contributed by atoms with Crippen LogP contribution in [0.15, 0.2) is 36.4 Å². The maximum absolute atomic E-state index is 12.1. The summed E-state index contributed by atoms with van der Waals surface area (Å²) >= 11 is 0. The van der Waals surface area contributed by atoms with Gasteiger partial charge in [-0.3, -0.25) is 4.79 Å². The van der Waals surface area contributed by atoms with Gasteiger partial charge in [0.05, 0.1) is 12.0 Å². The molecule has 0 bridgehead atoms. The largest absolute Gasteiger partial charge is 0.349 e. The summed E-state index contributed by atoms with van der Waals surface area (Å²) < 4.78 is 0. The third kappa shape index (κ3) is 2.79. The summed E-state index contributed by atoms with van der Waals surface area (Å²) in [6.45, 7) is 4.07. The first-order chi connectivity index (χ1) is 8.58. The minimum Gasteiger partial charge on any atom is -0.349 e. The predicted molar refractivity (Wildman–Crippen MR) is 73.0 cm³/mol. The van der Waals surface area contributed by atoms with Gasteiger partial charge in [0.1, 0.15) is 0 Å². The highest BCUT2D eigenvalue weighted by molar-refractivity contribution is 5.81. The Kier molecular flexibility index (Phi) is 3.82. The van der Waals surface area contributed by atoms with Gasteiger partial charge in [0.15, 0.2) is 0 Å². The van der Waals surface area contributed by atoms with Gasteiger partial charge in [0.2, 0.25) is 5.91 Å². The quantitative estimate of drug-likeness (QED) is 0.800. The Bertz CT molecular complexity index is 467. The molecule has 0 saturated heterocycles. The van der Waals surface area contributed by atoms with E-state index in [4.69, 9.17) is 5.73 Å². The van der Waals surface area contributed by atoms with E-state index < -0.39 is 0 Å². The van der Waals surface area contributed by atoms with Crippen LogP contribution >= 0.6 is 0 Å². The molecule has 1 aromatic carbocycles. The fourth-order valence-electron chi connectivity index (χ4n) is 2.39. The van der Waals surface area contributed by atoms with Crippen molar-refractivity contribution >= 4 is 5.91 Å². The second-order valence-electron chi connectivity index (χ2n) is 4.98. The molecule has 18 heavy (non-hydrogen) atoms. The Morgan fingerprint density at radius 1 is 1.39 bits per heavy atom. The summed E-state index contributed by atoms with van der Waals surface area (Å²) in [6, 6.07) is 8.17. The van der Waals surface area contributed by atoms with E-state index in [1.807, 2.05) is 31.2 Å². The molecule has 3 nitrogen and oxygen atoms in total. The highest BCUT2D eigenvalue weighted by Crippen LogP contribution is 2.20. The molecule has 3 heteroatoms. The smallest absolute Gasteiger partial charge is 0.227 e. The van der Waals surface area contributed by atoms with Crippen molar-refractivity contribution in [1.29, 1.82) is 0 Å². The zero-order chi connectivity index (χ0) is 13.1. The van der Waals surface area contributed by atoms with Gasteiger partial charge in [-0.25, -0.2) is 0 Å². The highest BCUT2D eigenvalue weighted by atomic mass is 16.1. The first-order valence-electron chi connectivity index (χ1n) is 6.37. The number of hydrogen-bond acceptors (Lipinski definition) is 2. The normalized spacial score (nSPS) is 23.9. The molecule has 96 valence electrons. The minimum atomic E-state index is -0.0773. The molecule has 0 radical (unpaired) electrons. The number of amides is 1. The van der Waals surface area contributed by atoms with E-state index in [0.29, 0.717) is 6.42 Å². The maximum atomic E-state index is 12.1. The minimum absolute atomic E-state index is 0.0227. The van der Waals surface area contributed by atoms with Gasteiger partial charge in [-0.05, 0) is 31.4 Å². The number of hydrogen-bond donors (Lipinski definition) is 2. The summed E-state index contributed by atoms with van der Waals surface area (Å²) in [7, 11) is 0. The standard InChI is InChI=1S/C15H20N2O/c1-10-5-3-4-6-14(10)11(2)17-15(18)12-7-8-13(16)9-12/h3-8,11-13H,9,16H2,1-2H3,(H,17,18)/t11-,12?,13?/m1/s1. The van der Waals surface area contributed by atoms with E-state index in [9.17, 15) is 4.79 Å². The number of aryl methyl sites for hydroxylation is 1. The van der Waals surface area contributed by atoms with Crippen molar-refractivity contribution in [2.24, 2.45) is 11.7 Å². The van der Waals surface area contributed by atoms with Gasteiger partial charge in [-0.1, -0.05) is 36.4 Å². The molecule has 2 unspecified atom stereocenters. The Labute approximate surface area is 108 Å². The topological polar surface area (TPSA) is 55.1 Å². The lowest BCUT2D eigenvalue weighted by Crippen LogP contribution is -2.33. The van der Waals surface area contributed by atoms with Crippen molar-refractivity contribution in [1.82, 2.24) is 5.32 Å². The van der Waals surface area contributed by atoms with E-state index >= 15 is 0 Å². The molecule has 3 N–H and O–H groups in total. The molecule has 0 aromatic heterocycles. The van der Waals surface area contributed by atoms with Crippen molar-refractivity contribution in [2.45, 2.75) is 32.4 Å². The second-order valence-corrected chi connectivity index (χ2v) is 4.98. The van der Waals surface area contributed by atoms with Crippen molar-refractivity contribution in [2.75, 3.05) is 0 Å². The molecule has 0 spiro atoms. The van der Waals surface area contributed by atoms with Crippen LogP contribution in [0.3, 0.4) is 0 Å². The van der Waals surface area contributed by atoms with Gasteiger partial charge >= 0.3 is 0 Å². The van der Waals surface area contributed by atoms with Crippen molar-refractivity contribution in [3.63, 3.8) is 0 Å². The molecule has 1 amide bonds. The van der Waals surface area contributed by atoms with Crippen LogP contribution in [-0.2, 0) is 4.79 Å². The average molecular weight is 244 g/mol. The monoisotopic (exact) mass is 244 g/mol. The number of rotatable bonds is 3. The van der Waals surface area contributed by atoms with Gasteiger partial charge < -0.3 is 11.1 Å². The third-order valence-electron chi connectivity index (χ3n) is 3.47. The second kappa shape index (κ2) is 5.36. The van der Waals surface area contributed by atoms with E-state index in [2.05, 4.69) is 24.4 Å². The molecule has 0 aliphatic heterocycles. The molecule has 1 aliphatic carbocycles. The van der Waals surface area contributed by atoms with Gasteiger partial charge in [0.25, 0.3) is 0 Å². The number of nitrogens with two attached hydrogens (primary N) is 1. The van der Waals surface area contributed by atoms with Crippen LogP contribution in [0.2, 0.25) is 0 Å². The molecular formula is C15H20N2O.